The molecule has 1 saturated heterocycles. The lowest BCUT2D eigenvalue weighted by Crippen LogP contribution is -2.29. The average molecular weight is 238 g/mol. The van der Waals surface area contributed by atoms with E-state index in [1.54, 1.807) is 0 Å². The van der Waals surface area contributed by atoms with Crippen LogP contribution >= 0.6 is 0 Å². The number of nitrogens with one attached hydrogen (secondary N) is 1. The Kier molecular flexibility index (Phi) is 2.56. The van der Waals surface area contributed by atoms with Crippen LogP contribution in [0.15, 0.2) is 4.42 Å². The third kappa shape index (κ3) is 2.58. The van der Waals surface area contributed by atoms with Gasteiger partial charge in [0, 0.05) is 12.6 Å². The molecule has 1 aromatic rings. The molecule has 0 radical (unpaired) electrons. The van der Waals surface area contributed by atoms with Crippen molar-refractivity contribution in [2.24, 2.45) is 0 Å². The van der Waals surface area contributed by atoms with Crippen LogP contribution in [-0.4, -0.2) is 40.0 Å². The molecule has 2 N–H and O–H groups in total. The van der Waals surface area contributed by atoms with Crippen molar-refractivity contribution in [2.45, 2.75) is 44.4 Å². The Morgan fingerprint density at radius 3 is 3.00 bits per heavy atom. The summed E-state index contributed by atoms with van der Waals surface area (Å²) in [4.78, 5) is 1.94. The Bertz CT molecular complexity index is 400. The zero-order chi connectivity index (χ0) is 11.9. The maximum atomic E-state index is 9.87. The molecule has 2 aliphatic rings. The number of β-amino-alcohol motifs (C(OH)–C–C–N with tert-alkyl or cyclic N) is 1. The zero-order valence-electron chi connectivity index (χ0n) is 10.0. The van der Waals surface area contributed by atoms with E-state index in [9.17, 15) is 5.11 Å². The first kappa shape index (κ1) is 11.0. The van der Waals surface area contributed by atoms with E-state index >= 15 is 0 Å². The van der Waals surface area contributed by atoms with E-state index in [1.165, 1.54) is 12.8 Å². The highest BCUT2D eigenvalue weighted by Gasteiger charge is 2.33. The fourth-order valence-electron chi connectivity index (χ4n) is 2.07. The monoisotopic (exact) mass is 238 g/mol. The van der Waals surface area contributed by atoms with Crippen molar-refractivity contribution in [3.63, 3.8) is 0 Å². The van der Waals surface area contributed by atoms with Gasteiger partial charge in [0.1, 0.15) is 0 Å². The average Bonchev–Trinajstić information content (AvgIpc) is 2.86. The fourth-order valence-corrected chi connectivity index (χ4v) is 2.07. The number of anilines is 1. The summed E-state index contributed by atoms with van der Waals surface area (Å²) in [6.07, 6.45) is 3.23. The summed E-state index contributed by atoms with van der Waals surface area (Å²) in [5.41, 5.74) is -0.638. The SMILES string of the molecule is CC1(O)CCN(c2nnc(CNC3CC3)o2)C1. The first-order chi connectivity index (χ1) is 8.12. The van der Waals surface area contributed by atoms with E-state index in [-0.39, 0.29) is 0 Å². The normalized spacial score (nSPS) is 28.9. The first-order valence-corrected chi connectivity index (χ1v) is 6.15. The zero-order valence-corrected chi connectivity index (χ0v) is 10.0. The van der Waals surface area contributed by atoms with E-state index in [0.29, 0.717) is 31.0 Å². The molecule has 6 heteroatoms. The summed E-state index contributed by atoms with van der Waals surface area (Å²) in [6.45, 7) is 3.80. The molecule has 1 aliphatic heterocycles. The van der Waals surface area contributed by atoms with Crippen LogP contribution in [-0.2, 0) is 6.54 Å². The van der Waals surface area contributed by atoms with Crippen LogP contribution in [0.2, 0.25) is 0 Å². The third-order valence-corrected chi connectivity index (χ3v) is 3.30. The molecule has 3 rings (SSSR count). The molecular formula is C11H18N4O2. The summed E-state index contributed by atoms with van der Waals surface area (Å²) in [5.74, 6) is 0.624. The smallest absolute Gasteiger partial charge is 0.318 e. The van der Waals surface area contributed by atoms with Gasteiger partial charge in [0.2, 0.25) is 5.89 Å². The van der Waals surface area contributed by atoms with Crippen LogP contribution in [0, 0.1) is 0 Å². The predicted molar refractivity (Wildman–Crippen MR) is 61.6 cm³/mol. The van der Waals surface area contributed by atoms with Gasteiger partial charge in [0.15, 0.2) is 0 Å². The van der Waals surface area contributed by atoms with Crippen molar-refractivity contribution in [3.8, 4) is 0 Å². The molecule has 0 amide bonds. The second-order valence-electron chi connectivity index (χ2n) is 5.30. The third-order valence-electron chi connectivity index (χ3n) is 3.30. The molecule has 6 nitrogen and oxygen atoms in total. The van der Waals surface area contributed by atoms with Crippen LogP contribution in [0.3, 0.4) is 0 Å². The molecule has 0 spiro atoms. The number of aliphatic hydroxyl groups is 1. The van der Waals surface area contributed by atoms with Crippen LogP contribution in [0.5, 0.6) is 0 Å². The number of nitrogens with zero attached hydrogens (tertiary/aromatic N) is 3. The fraction of sp³-hybridized carbons (Fsp3) is 0.818. The van der Waals surface area contributed by atoms with E-state index in [0.717, 1.165) is 13.0 Å². The minimum Gasteiger partial charge on any atom is -0.407 e. The van der Waals surface area contributed by atoms with Gasteiger partial charge in [-0.1, -0.05) is 5.10 Å². The highest BCUT2D eigenvalue weighted by atomic mass is 16.4. The summed E-state index contributed by atoms with van der Waals surface area (Å²) < 4.78 is 5.57. The number of hydrogen-bond donors (Lipinski definition) is 2. The molecular weight excluding hydrogens is 220 g/mol. The summed E-state index contributed by atoms with van der Waals surface area (Å²) >= 11 is 0. The number of hydrogen-bond acceptors (Lipinski definition) is 6. The summed E-state index contributed by atoms with van der Waals surface area (Å²) in [5, 5.41) is 21.2. The van der Waals surface area contributed by atoms with Crippen molar-refractivity contribution in [1.29, 1.82) is 0 Å². The summed E-state index contributed by atoms with van der Waals surface area (Å²) in [7, 11) is 0. The molecule has 1 saturated carbocycles. The lowest BCUT2D eigenvalue weighted by Gasteiger charge is -2.16. The van der Waals surface area contributed by atoms with Crippen molar-refractivity contribution in [1.82, 2.24) is 15.5 Å². The molecule has 2 fully saturated rings. The Hall–Kier alpha value is -1.14. The van der Waals surface area contributed by atoms with Crippen molar-refractivity contribution >= 4 is 6.01 Å². The number of aromatic nitrogens is 2. The Labute approximate surface area is 100 Å². The molecule has 1 unspecified atom stereocenters. The Balaban J connectivity index is 1.59. The minimum atomic E-state index is -0.638. The van der Waals surface area contributed by atoms with Gasteiger partial charge >= 0.3 is 6.01 Å². The maximum absolute atomic E-state index is 9.87. The van der Waals surface area contributed by atoms with Gasteiger partial charge in [-0.3, -0.25) is 0 Å². The molecule has 94 valence electrons. The van der Waals surface area contributed by atoms with Crippen LogP contribution in [0.1, 0.15) is 32.1 Å². The molecule has 1 aromatic heterocycles. The highest BCUT2D eigenvalue weighted by Crippen LogP contribution is 2.25. The van der Waals surface area contributed by atoms with Crippen molar-refractivity contribution in [3.05, 3.63) is 5.89 Å². The van der Waals surface area contributed by atoms with E-state index in [1.807, 2.05) is 11.8 Å². The van der Waals surface area contributed by atoms with Crippen molar-refractivity contribution < 1.29 is 9.52 Å². The van der Waals surface area contributed by atoms with Crippen LogP contribution < -0.4 is 10.2 Å². The van der Waals surface area contributed by atoms with Gasteiger partial charge in [-0.15, -0.1) is 5.10 Å². The predicted octanol–water partition coefficient (Wildman–Crippen LogP) is 0.283. The standard InChI is InChI=1S/C11H18N4O2/c1-11(16)4-5-15(7-11)10-14-13-9(17-10)6-12-8-2-3-8/h8,12,16H,2-7H2,1H3. The Morgan fingerprint density at radius 2 is 2.35 bits per heavy atom. The molecule has 0 aromatic carbocycles. The quantitative estimate of drug-likeness (QED) is 0.785. The van der Waals surface area contributed by atoms with Gasteiger partial charge in [-0.2, -0.15) is 0 Å². The molecule has 2 heterocycles. The molecule has 1 aliphatic carbocycles. The maximum Gasteiger partial charge on any atom is 0.318 e. The van der Waals surface area contributed by atoms with Crippen LogP contribution in [0.4, 0.5) is 6.01 Å². The van der Waals surface area contributed by atoms with E-state index in [2.05, 4.69) is 15.5 Å². The molecule has 1 atom stereocenters. The van der Waals surface area contributed by atoms with Crippen molar-refractivity contribution in [2.75, 3.05) is 18.0 Å². The lowest BCUT2D eigenvalue weighted by atomic mass is 10.1. The van der Waals surface area contributed by atoms with Gasteiger partial charge < -0.3 is 19.7 Å². The van der Waals surface area contributed by atoms with E-state index < -0.39 is 5.60 Å². The van der Waals surface area contributed by atoms with E-state index in [4.69, 9.17) is 4.42 Å². The number of rotatable bonds is 4. The highest BCUT2D eigenvalue weighted by molar-refractivity contribution is 5.28. The van der Waals surface area contributed by atoms with Gasteiger partial charge in [0.05, 0.1) is 18.7 Å². The lowest BCUT2D eigenvalue weighted by molar-refractivity contribution is 0.0836. The van der Waals surface area contributed by atoms with Gasteiger partial charge in [-0.25, -0.2) is 0 Å². The largest absolute Gasteiger partial charge is 0.407 e. The van der Waals surface area contributed by atoms with Gasteiger partial charge in [-0.05, 0) is 26.2 Å². The first-order valence-electron chi connectivity index (χ1n) is 6.15. The second-order valence-corrected chi connectivity index (χ2v) is 5.30. The van der Waals surface area contributed by atoms with Crippen LogP contribution in [0.25, 0.3) is 0 Å². The molecule has 0 bridgehead atoms. The topological polar surface area (TPSA) is 74.4 Å². The minimum absolute atomic E-state index is 0.523. The molecule has 17 heavy (non-hydrogen) atoms. The summed E-state index contributed by atoms with van der Waals surface area (Å²) in [6, 6.07) is 1.16. The Morgan fingerprint density at radius 1 is 1.53 bits per heavy atom. The second kappa shape index (κ2) is 3.96. The van der Waals surface area contributed by atoms with Gasteiger partial charge in [0.25, 0.3) is 0 Å².